The topological polar surface area (TPSA) is 72.6 Å². The molecule has 1 aliphatic rings. The van der Waals surface area contributed by atoms with Crippen molar-refractivity contribution in [3.05, 3.63) is 29.6 Å². The first-order chi connectivity index (χ1) is 11.1. The fraction of sp³-hybridized carbons (Fsp3) is 0.467. The lowest BCUT2D eigenvalue weighted by Gasteiger charge is -2.18. The van der Waals surface area contributed by atoms with Gasteiger partial charge in [0.2, 0.25) is 11.8 Å². The Morgan fingerprint density at radius 3 is 2.46 bits per heavy atom. The highest BCUT2D eigenvalue weighted by atomic mass is 19.4. The molecule has 0 radical (unpaired) electrons. The molecule has 5 nitrogen and oxygen atoms in total. The van der Waals surface area contributed by atoms with Crippen molar-refractivity contribution in [1.82, 2.24) is 4.90 Å². The lowest BCUT2D eigenvalue weighted by Crippen LogP contribution is -2.37. The Labute approximate surface area is 135 Å². The van der Waals surface area contributed by atoms with Gasteiger partial charge < -0.3 is 15.4 Å². The summed E-state index contributed by atoms with van der Waals surface area (Å²) in [7, 11) is 1.29. The molecule has 1 aromatic carbocycles. The molecule has 0 bridgehead atoms. The predicted molar refractivity (Wildman–Crippen MR) is 75.5 cm³/mol. The van der Waals surface area contributed by atoms with Crippen molar-refractivity contribution in [2.24, 2.45) is 17.6 Å². The average molecular weight is 348 g/mol. The van der Waals surface area contributed by atoms with Crippen molar-refractivity contribution in [3.63, 3.8) is 0 Å². The minimum absolute atomic E-state index is 0.00157. The SMILES string of the molecule is COc1ccc(CC(=O)N2C[C@@H](C(F)(F)F)[C@H](C(N)=O)C2)cc1F. The Hall–Kier alpha value is -2.32. The highest BCUT2D eigenvalue weighted by Crippen LogP contribution is 2.37. The third-order valence-corrected chi connectivity index (χ3v) is 4.03. The summed E-state index contributed by atoms with van der Waals surface area (Å²) in [6.07, 6.45) is -4.90. The summed E-state index contributed by atoms with van der Waals surface area (Å²) < 4.78 is 57.2. The van der Waals surface area contributed by atoms with Crippen LogP contribution in [0.4, 0.5) is 17.6 Å². The van der Waals surface area contributed by atoms with E-state index in [1.807, 2.05) is 0 Å². The number of carbonyl (C=O) groups is 2. The lowest BCUT2D eigenvalue weighted by molar-refractivity contribution is -0.182. The van der Waals surface area contributed by atoms with E-state index < -0.39 is 48.7 Å². The van der Waals surface area contributed by atoms with Crippen molar-refractivity contribution < 1.29 is 31.9 Å². The van der Waals surface area contributed by atoms with Crippen LogP contribution in [0.15, 0.2) is 18.2 Å². The molecule has 9 heteroatoms. The molecule has 0 spiro atoms. The van der Waals surface area contributed by atoms with Crippen LogP contribution in [0.3, 0.4) is 0 Å². The summed E-state index contributed by atoms with van der Waals surface area (Å²) in [6.45, 7) is -1.02. The van der Waals surface area contributed by atoms with Crippen molar-refractivity contribution in [2.45, 2.75) is 12.6 Å². The molecule has 0 aliphatic carbocycles. The maximum Gasteiger partial charge on any atom is 0.394 e. The molecule has 2 atom stereocenters. The van der Waals surface area contributed by atoms with Crippen LogP contribution >= 0.6 is 0 Å². The van der Waals surface area contributed by atoms with Gasteiger partial charge >= 0.3 is 6.18 Å². The first-order valence-corrected chi connectivity index (χ1v) is 7.09. The Balaban J connectivity index is 2.10. The smallest absolute Gasteiger partial charge is 0.394 e. The van der Waals surface area contributed by atoms with Crippen LogP contribution in [0, 0.1) is 17.7 Å². The fourth-order valence-corrected chi connectivity index (χ4v) is 2.73. The second-order valence-electron chi connectivity index (χ2n) is 5.60. The highest BCUT2D eigenvalue weighted by molar-refractivity contribution is 5.82. The van der Waals surface area contributed by atoms with Crippen LogP contribution < -0.4 is 10.5 Å². The van der Waals surface area contributed by atoms with E-state index in [0.717, 1.165) is 11.0 Å². The van der Waals surface area contributed by atoms with Crippen molar-refractivity contribution in [3.8, 4) is 5.75 Å². The van der Waals surface area contributed by atoms with Gasteiger partial charge in [-0.25, -0.2) is 4.39 Å². The second-order valence-corrected chi connectivity index (χ2v) is 5.60. The number of hydrogen-bond acceptors (Lipinski definition) is 3. The summed E-state index contributed by atoms with van der Waals surface area (Å²) in [4.78, 5) is 24.3. The molecular formula is C15H16F4N2O3. The molecule has 2 amide bonds. The highest BCUT2D eigenvalue weighted by Gasteiger charge is 2.52. The Morgan fingerprint density at radius 2 is 2.00 bits per heavy atom. The molecule has 1 aliphatic heterocycles. The molecule has 0 unspecified atom stereocenters. The number of methoxy groups -OCH3 is 1. The summed E-state index contributed by atoms with van der Waals surface area (Å²) in [5, 5.41) is 0. The van der Waals surface area contributed by atoms with Crippen LogP contribution in [0.5, 0.6) is 5.75 Å². The number of primary amides is 1. The van der Waals surface area contributed by atoms with Gasteiger partial charge in [0, 0.05) is 13.1 Å². The van der Waals surface area contributed by atoms with E-state index in [9.17, 15) is 27.2 Å². The van der Waals surface area contributed by atoms with Crippen molar-refractivity contribution in [2.75, 3.05) is 20.2 Å². The minimum Gasteiger partial charge on any atom is -0.494 e. The van der Waals surface area contributed by atoms with Crippen LogP contribution in [0.1, 0.15) is 5.56 Å². The number of likely N-dealkylation sites (tertiary alicyclic amines) is 1. The molecule has 1 aromatic rings. The molecule has 1 heterocycles. The van der Waals surface area contributed by atoms with Gasteiger partial charge in [-0.15, -0.1) is 0 Å². The van der Waals surface area contributed by atoms with E-state index in [2.05, 4.69) is 0 Å². The van der Waals surface area contributed by atoms with E-state index >= 15 is 0 Å². The zero-order chi connectivity index (χ0) is 18.1. The Kier molecular flexibility index (Phi) is 5.00. The predicted octanol–water partition coefficient (Wildman–Crippen LogP) is 1.50. The number of rotatable bonds is 4. The molecule has 2 N–H and O–H groups in total. The van der Waals surface area contributed by atoms with Gasteiger partial charge in [0.05, 0.1) is 25.4 Å². The number of nitrogens with two attached hydrogens (primary N) is 1. The maximum absolute atomic E-state index is 13.6. The summed E-state index contributed by atoms with van der Waals surface area (Å²) >= 11 is 0. The van der Waals surface area contributed by atoms with Crippen molar-refractivity contribution >= 4 is 11.8 Å². The molecule has 1 fully saturated rings. The zero-order valence-electron chi connectivity index (χ0n) is 12.8. The van der Waals surface area contributed by atoms with E-state index in [1.165, 1.54) is 19.2 Å². The standard InChI is InChI=1S/C15H16F4N2O3/c1-24-12-3-2-8(4-11(12)16)5-13(22)21-6-9(14(20)23)10(7-21)15(17,18)19/h2-4,9-10H,5-7H2,1H3,(H2,20,23)/t9-,10-/m1/s1. The molecular weight excluding hydrogens is 332 g/mol. The van der Waals surface area contributed by atoms with Crippen LogP contribution in [0.25, 0.3) is 0 Å². The average Bonchev–Trinajstić information content (AvgIpc) is 2.93. The van der Waals surface area contributed by atoms with Gasteiger partial charge in [-0.1, -0.05) is 6.07 Å². The normalized spacial score (nSPS) is 21.0. The Morgan fingerprint density at radius 1 is 1.33 bits per heavy atom. The number of amides is 2. The molecule has 0 saturated carbocycles. The summed E-state index contributed by atoms with van der Waals surface area (Å²) in [6, 6.07) is 3.86. The third kappa shape index (κ3) is 3.77. The molecule has 2 rings (SSSR count). The van der Waals surface area contributed by atoms with Gasteiger partial charge in [-0.05, 0) is 17.7 Å². The number of alkyl halides is 3. The fourth-order valence-electron chi connectivity index (χ4n) is 2.73. The third-order valence-electron chi connectivity index (χ3n) is 4.03. The van der Waals surface area contributed by atoms with E-state index in [4.69, 9.17) is 10.5 Å². The van der Waals surface area contributed by atoms with Gasteiger partial charge in [-0.2, -0.15) is 13.2 Å². The number of carbonyl (C=O) groups excluding carboxylic acids is 2. The molecule has 24 heavy (non-hydrogen) atoms. The van der Waals surface area contributed by atoms with Gasteiger partial charge in [0.25, 0.3) is 0 Å². The quantitative estimate of drug-likeness (QED) is 0.838. The first-order valence-electron chi connectivity index (χ1n) is 7.09. The number of ether oxygens (including phenoxy) is 1. The first kappa shape index (κ1) is 18.0. The van der Waals surface area contributed by atoms with Gasteiger partial charge in [0.1, 0.15) is 0 Å². The van der Waals surface area contributed by atoms with Crippen LogP contribution in [-0.2, 0) is 16.0 Å². The van der Waals surface area contributed by atoms with Gasteiger partial charge in [-0.3, -0.25) is 9.59 Å². The zero-order valence-corrected chi connectivity index (χ0v) is 12.8. The summed E-state index contributed by atoms with van der Waals surface area (Å²) in [5.41, 5.74) is 5.31. The Bertz CT molecular complexity index is 648. The molecule has 0 aromatic heterocycles. The monoisotopic (exact) mass is 348 g/mol. The van der Waals surface area contributed by atoms with Gasteiger partial charge in [0.15, 0.2) is 11.6 Å². The van der Waals surface area contributed by atoms with Crippen molar-refractivity contribution in [1.29, 1.82) is 0 Å². The van der Waals surface area contributed by atoms with E-state index in [-0.39, 0.29) is 12.2 Å². The van der Waals surface area contributed by atoms with Crippen LogP contribution in [0.2, 0.25) is 0 Å². The minimum atomic E-state index is -4.62. The number of halogens is 4. The molecule has 132 valence electrons. The largest absolute Gasteiger partial charge is 0.494 e. The second kappa shape index (κ2) is 6.66. The number of nitrogens with zero attached hydrogens (tertiary/aromatic N) is 1. The summed E-state index contributed by atoms with van der Waals surface area (Å²) in [5.74, 6) is -5.85. The number of hydrogen-bond donors (Lipinski definition) is 1. The van der Waals surface area contributed by atoms with E-state index in [0.29, 0.717) is 5.56 Å². The van der Waals surface area contributed by atoms with Crippen LogP contribution in [-0.4, -0.2) is 43.1 Å². The lowest BCUT2D eigenvalue weighted by atomic mass is 9.95. The maximum atomic E-state index is 13.6. The van der Waals surface area contributed by atoms with E-state index in [1.54, 1.807) is 0 Å². The molecule has 1 saturated heterocycles. The number of benzene rings is 1.